The molecule has 0 aliphatic carbocycles. The highest BCUT2D eigenvalue weighted by atomic mass is 31.2. The van der Waals surface area contributed by atoms with E-state index in [0.29, 0.717) is 18.8 Å². The molecule has 15 heavy (non-hydrogen) atoms. The van der Waals surface area contributed by atoms with Gasteiger partial charge in [-0.25, -0.2) is 4.57 Å². The second kappa shape index (κ2) is 7.36. The van der Waals surface area contributed by atoms with Gasteiger partial charge in [-0.05, 0) is 18.8 Å². The lowest BCUT2D eigenvalue weighted by Gasteiger charge is -2.16. The first-order valence-electron chi connectivity index (χ1n) is 5.17. The summed E-state index contributed by atoms with van der Waals surface area (Å²) in [4.78, 5) is 9.13. The lowest BCUT2D eigenvalue weighted by molar-refractivity contribution is 0.0614. The summed E-state index contributed by atoms with van der Waals surface area (Å²) in [5, 5.41) is 9.40. The third-order valence-corrected chi connectivity index (χ3v) is 2.62. The average Bonchev–Trinajstić information content (AvgIpc) is 2.11. The van der Waals surface area contributed by atoms with Crippen LogP contribution < -0.4 is 0 Å². The van der Waals surface area contributed by atoms with Crippen LogP contribution >= 0.6 is 7.82 Å². The Morgan fingerprint density at radius 3 is 2.40 bits per heavy atom. The lowest BCUT2D eigenvalue weighted by Crippen LogP contribution is -2.17. The minimum atomic E-state index is -3.97. The fraction of sp³-hybridized carbons (Fsp3) is 1.00. The number of aliphatic hydroxyl groups is 1. The summed E-state index contributed by atoms with van der Waals surface area (Å²) in [6.07, 6.45) is 0.451. The maximum Gasteiger partial charge on any atom is 0.472 e. The molecule has 2 atom stereocenters. The Hall–Kier alpha value is 0.0700. The minimum absolute atomic E-state index is 0.171. The predicted octanol–water partition coefficient (Wildman–Crippen LogP) is 1.94. The van der Waals surface area contributed by atoms with Gasteiger partial charge < -0.3 is 10.00 Å². The molecule has 0 radical (unpaired) electrons. The molecule has 0 aliphatic rings. The second-order valence-corrected chi connectivity index (χ2v) is 5.33. The summed E-state index contributed by atoms with van der Waals surface area (Å²) in [7, 11) is -3.97. The van der Waals surface area contributed by atoms with Gasteiger partial charge in [0.1, 0.15) is 0 Å². The second-order valence-electron chi connectivity index (χ2n) is 3.88. The van der Waals surface area contributed by atoms with Crippen molar-refractivity contribution in [2.45, 2.75) is 39.7 Å². The Balaban J connectivity index is 3.77. The molecule has 0 saturated heterocycles. The van der Waals surface area contributed by atoms with Crippen LogP contribution in [0.25, 0.3) is 0 Å². The lowest BCUT2D eigenvalue weighted by atomic mass is 10.1. The van der Waals surface area contributed by atoms with Crippen molar-refractivity contribution in [2.24, 2.45) is 5.92 Å². The standard InChI is InChI=1S/C9H21O5P/c1-4-5-13-15(11,12)14-7-9(10)6-8(2)3/h8-10H,4-7H2,1-3H3,(H,11,12). The first-order valence-corrected chi connectivity index (χ1v) is 6.67. The number of rotatable bonds is 8. The third-order valence-electron chi connectivity index (χ3n) is 1.63. The summed E-state index contributed by atoms with van der Waals surface area (Å²) in [5.74, 6) is 0.318. The van der Waals surface area contributed by atoms with Crippen LogP contribution in [0.2, 0.25) is 0 Å². The molecule has 0 saturated carbocycles. The first-order chi connectivity index (χ1) is 6.87. The van der Waals surface area contributed by atoms with Gasteiger partial charge in [-0.15, -0.1) is 0 Å². The van der Waals surface area contributed by atoms with Crippen molar-refractivity contribution < 1.29 is 23.6 Å². The zero-order chi connectivity index (χ0) is 11.9. The molecule has 0 amide bonds. The van der Waals surface area contributed by atoms with Gasteiger partial charge in [-0.1, -0.05) is 20.8 Å². The number of phosphoric acid groups is 1. The fourth-order valence-electron chi connectivity index (χ4n) is 1.04. The number of hydrogen-bond acceptors (Lipinski definition) is 4. The molecule has 0 aliphatic heterocycles. The van der Waals surface area contributed by atoms with Crippen molar-refractivity contribution in [1.82, 2.24) is 0 Å². The molecule has 92 valence electrons. The molecule has 0 bridgehead atoms. The van der Waals surface area contributed by atoms with E-state index in [0.717, 1.165) is 0 Å². The van der Waals surface area contributed by atoms with E-state index in [1.165, 1.54) is 0 Å². The Morgan fingerprint density at radius 1 is 1.33 bits per heavy atom. The van der Waals surface area contributed by atoms with E-state index in [2.05, 4.69) is 9.05 Å². The Bertz CT molecular complexity index is 207. The van der Waals surface area contributed by atoms with Gasteiger partial charge in [0.25, 0.3) is 0 Å². The SMILES string of the molecule is CCCOP(=O)(O)OCC(O)CC(C)C. The maximum atomic E-state index is 11.2. The summed E-state index contributed by atoms with van der Waals surface area (Å²) in [5.41, 5.74) is 0. The molecule has 0 spiro atoms. The zero-order valence-corrected chi connectivity index (χ0v) is 10.4. The molecule has 6 heteroatoms. The van der Waals surface area contributed by atoms with Gasteiger partial charge in [-0.3, -0.25) is 9.05 Å². The van der Waals surface area contributed by atoms with Gasteiger partial charge in [0, 0.05) is 0 Å². The van der Waals surface area contributed by atoms with Gasteiger partial charge in [0.2, 0.25) is 0 Å². The topological polar surface area (TPSA) is 76.0 Å². The van der Waals surface area contributed by atoms with Crippen molar-refractivity contribution in [3.8, 4) is 0 Å². The van der Waals surface area contributed by atoms with E-state index in [9.17, 15) is 9.67 Å². The summed E-state index contributed by atoms with van der Waals surface area (Å²) in [6, 6.07) is 0. The highest BCUT2D eigenvalue weighted by molar-refractivity contribution is 7.47. The molecule has 2 unspecified atom stereocenters. The third kappa shape index (κ3) is 9.03. The summed E-state index contributed by atoms with van der Waals surface area (Å²) < 4.78 is 20.4. The Labute approximate surface area is 91.0 Å². The summed E-state index contributed by atoms with van der Waals surface area (Å²) >= 11 is 0. The largest absolute Gasteiger partial charge is 0.472 e. The van der Waals surface area contributed by atoms with E-state index in [4.69, 9.17) is 4.89 Å². The number of hydrogen-bond donors (Lipinski definition) is 2. The minimum Gasteiger partial charge on any atom is -0.391 e. The molecule has 2 N–H and O–H groups in total. The van der Waals surface area contributed by atoms with Gasteiger partial charge in [0.15, 0.2) is 0 Å². The normalized spacial score (nSPS) is 17.7. The highest BCUT2D eigenvalue weighted by Gasteiger charge is 2.22. The number of aliphatic hydroxyl groups excluding tert-OH is 1. The highest BCUT2D eigenvalue weighted by Crippen LogP contribution is 2.43. The van der Waals surface area contributed by atoms with E-state index >= 15 is 0 Å². The van der Waals surface area contributed by atoms with Crippen LogP contribution in [-0.2, 0) is 13.6 Å². The van der Waals surface area contributed by atoms with E-state index in [1.807, 2.05) is 20.8 Å². The molecule has 5 nitrogen and oxygen atoms in total. The molecule has 0 fully saturated rings. The molecule has 0 rings (SSSR count). The maximum absolute atomic E-state index is 11.2. The first kappa shape index (κ1) is 15.1. The molecular weight excluding hydrogens is 219 g/mol. The molecule has 0 aromatic carbocycles. The van der Waals surface area contributed by atoms with Gasteiger partial charge >= 0.3 is 7.82 Å². The van der Waals surface area contributed by atoms with Crippen molar-refractivity contribution in [3.63, 3.8) is 0 Å². The van der Waals surface area contributed by atoms with Crippen molar-refractivity contribution >= 4 is 7.82 Å². The Kier molecular flexibility index (Phi) is 7.40. The van der Waals surface area contributed by atoms with Crippen LogP contribution in [0.1, 0.15) is 33.6 Å². The van der Waals surface area contributed by atoms with Gasteiger partial charge in [0.05, 0.1) is 19.3 Å². The molecule has 0 heterocycles. The van der Waals surface area contributed by atoms with Crippen LogP contribution in [0.15, 0.2) is 0 Å². The monoisotopic (exact) mass is 240 g/mol. The van der Waals surface area contributed by atoms with Crippen LogP contribution in [0, 0.1) is 5.92 Å². The fourth-order valence-corrected chi connectivity index (χ4v) is 1.88. The smallest absolute Gasteiger partial charge is 0.391 e. The van der Waals surface area contributed by atoms with Gasteiger partial charge in [-0.2, -0.15) is 0 Å². The quantitative estimate of drug-likeness (QED) is 0.634. The van der Waals surface area contributed by atoms with E-state index in [-0.39, 0.29) is 13.2 Å². The van der Waals surface area contributed by atoms with Crippen LogP contribution in [0.3, 0.4) is 0 Å². The van der Waals surface area contributed by atoms with Crippen LogP contribution in [0.5, 0.6) is 0 Å². The van der Waals surface area contributed by atoms with Crippen LogP contribution in [0.4, 0.5) is 0 Å². The number of phosphoric ester groups is 1. The predicted molar refractivity (Wildman–Crippen MR) is 57.5 cm³/mol. The molecule has 0 aromatic heterocycles. The average molecular weight is 240 g/mol. The van der Waals surface area contributed by atoms with E-state index < -0.39 is 13.9 Å². The molecule has 0 aromatic rings. The zero-order valence-electron chi connectivity index (χ0n) is 9.55. The summed E-state index contributed by atoms with van der Waals surface area (Å²) in [6.45, 7) is 5.74. The Morgan fingerprint density at radius 2 is 1.93 bits per heavy atom. The van der Waals surface area contributed by atoms with Crippen molar-refractivity contribution in [3.05, 3.63) is 0 Å². The van der Waals surface area contributed by atoms with Crippen molar-refractivity contribution in [2.75, 3.05) is 13.2 Å². The van der Waals surface area contributed by atoms with Crippen molar-refractivity contribution in [1.29, 1.82) is 0 Å². The van der Waals surface area contributed by atoms with Crippen LogP contribution in [-0.4, -0.2) is 29.3 Å². The molecular formula is C9H21O5P. The van der Waals surface area contributed by atoms with E-state index in [1.54, 1.807) is 0 Å².